The Labute approximate surface area is 167 Å². The zero-order valence-corrected chi connectivity index (χ0v) is 17.9. The molecule has 0 aromatic heterocycles. The van der Waals surface area contributed by atoms with Gasteiger partial charge in [0.2, 0.25) is 0 Å². The number of ether oxygens (including phenoxy) is 2. The molecule has 3 rings (SSSR count). The van der Waals surface area contributed by atoms with Crippen molar-refractivity contribution in [1.29, 1.82) is 0 Å². The first-order chi connectivity index (χ1) is 13.0. The monoisotopic (exact) mass is 388 g/mol. The maximum atomic E-state index is 12.9. The van der Waals surface area contributed by atoms with Gasteiger partial charge in [-0.1, -0.05) is 12.1 Å². The van der Waals surface area contributed by atoms with E-state index in [4.69, 9.17) is 9.47 Å². The van der Waals surface area contributed by atoms with E-state index in [0.717, 1.165) is 48.2 Å². The fourth-order valence-electron chi connectivity index (χ4n) is 3.75. The van der Waals surface area contributed by atoms with Gasteiger partial charge in [-0.2, -0.15) is 0 Å². The Morgan fingerprint density at radius 2 is 1.11 bits per heavy atom. The van der Waals surface area contributed by atoms with E-state index in [1.165, 1.54) is 0 Å². The molecule has 0 unspecified atom stereocenters. The standard InChI is InChI=1S/C22H32N2O4/c1-21(2,3)27-19(25)23-13-7-9-15-11-12-16-10-8-14-24(18(16)17(15)23)20(26)28-22(4,5)6/h11-12H,7-10,13-14H2,1-6H3. The number of nitrogens with zero attached hydrogens (tertiary/aromatic N) is 2. The molecule has 0 bridgehead atoms. The van der Waals surface area contributed by atoms with Gasteiger partial charge >= 0.3 is 12.2 Å². The van der Waals surface area contributed by atoms with Crippen molar-refractivity contribution in [1.82, 2.24) is 0 Å². The van der Waals surface area contributed by atoms with E-state index >= 15 is 0 Å². The third-order valence-electron chi connectivity index (χ3n) is 4.74. The molecule has 28 heavy (non-hydrogen) atoms. The summed E-state index contributed by atoms with van der Waals surface area (Å²) in [5.41, 5.74) is 2.62. The largest absolute Gasteiger partial charge is 0.443 e. The normalized spacial score (nSPS) is 16.9. The molecule has 154 valence electrons. The van der Waals surface area contributed by atoms with E-state index in [1.807, 2.05) is 41.5 Å². The predicted molar refractivity (Wildman–Crippen MR) is 110 cm³/mol. The lowest BCUT2D eigenvalue weighted by Gasteiger charge is -2.39. The van der Waals surface area contributed by atoms with Gasteiger partial charge in [-0.05, 0) is 78.4 Å². The molecular weight excluding hydrogens is 356 g/mol. The number of fused-ring (bicyclic) bond motifs is 3. The minimum absolute atomic E-state index is 0.364. The number of anilines is 2. The van der Waals surface area contributed by atoms with Crippen molar-refractivity contribution >= 4 is 23.6 Å². The highest BCUT2D eigenvalue weighted by Gasteiger charge is 2.36. The molecule has 1 aromatic carbocycles. The molecular formula is C22H32N2O4. The number of rotatable bonds is 0. The smallest absolute Gasteiger partial charge is 0.414 e. The third-order valence-corrected chi connectivity index (χ3v) is 4.74. The van der Waals surface area contributed by atoms with Crippen LogP contribution in [0.5, 0.6) is 0 Å². The Kier molecular flexibility index (Phi) is 5.34. The second-order valence-corrected chi connectivity index (χ2v) is 9.55. The Morgan fingerprint density at radius 3 is 1.43 bits per heavy atom. The minimum atomic E-state index is -0.575. The minimum Gasteiger partial charge on any atom is -0.443 e. The van der Waals surface area contributed by atoms with Gasteiger partial charge in [0.15, 0.2) is 0 Å². The molecule has 2 aliphatic heterocycles. The molecule has 0 saturated heterocycles. The second kappa shape index (κ2) is 7.30. The maximum absolute atomic E-state index is 12.9. The molecule has 0 aliphatic carbocycles. The van der Waals surface area contributed by atoms with Crippen LogP contribution in [-0.4, -0.2) is 36.5 Å². The first-order valence-electron chi connectivity index (χ1n) is 10.1. The van der Waals surface area contributed by atoms with E-state index < -0.39 is 11.2 Å². The number of hydrogen-bond acceptors (Lipinski definition) is 4. The van der Waals surface area contributed by atoms with Crippen molar-refractivity contribution in [3.05, 3.63) is 23.3 Å². The fraction of sp³-hybridized carbons (Fsp3) is 0.636. The van der Waals surface area contributed by atoms with E-state index in [-0.39, 0.29) is 12.2 Å². The molecule has 2 heterocycles. The Bertz CT molecular complexity index is 709. The second-order valence-electron chi connectivity index (χ2n) is 9.55. The van der Waals surface area contributed by atoms with Crippen LogP contribution in [-0.2, 0) is 22.3 Å². The number of aryl methyl sites for hydroxylation is 2. The van der Waals surface area contributed by atoms with Crippen molar-refractivity contribution in [2.45, 2.75) is 78.4 Å². The highest BCUT2D eigenvalue weighted by molar-refractivity contribution is 6.01. The van der Waals surface area contributed by atoms with Gasteiger partial charge in [-0.25, -0.2) is 9.59 Å². The Hall–Kier alpha value is -2.24. The molecule has 6 heteroatoms. The molecule has 0 fully saturated rings. The van der Waals surface area contributed by atoms with Gasteiger partial charge in [-0.15, -0.1) is 0 Å². The maximum Gasteiger partial charge on any atom is 0.414 e. The topological polar surface area (TPSA) is 59.1 Å². The summed E-state index contributed by atoms with van der Waals surface area (Å²) in [5, 5.41) is 0. The summed E-state index contributed by atoms with van der Waals surface area (Å²) in [4.78, 5) is 29.3. The molecule has 0 atom stereocenters. The summed E-state index contributed by atoms with van der Waals surface area (Å²) in [7, 11) is 0. The number of amides is 2. The lowest BCUT2D eigenvalue weighted by Crippen LogP contribution is -2.44. The Morgan fingerprint density at radius 1 is 0.750 bits per heavy atom. The van der Waals surface area contributed by atoms with Crippen LogP contribution in [0.3, 0.4) is 0 Å². The van der Waals surface area contributed by atoms with Crippen LogP contribution in [0.1, 0.15) is 65.5 Å². The predicted octanol–water partition coefficient (Wildman–Crippen LogP) is 5.06. The molecule has 0 N–H and O–H groups in total. The average molecular weight is 389 g/mol. The van der Waals surface area contributed by atoms with Crippen LogP contribution in [0.4, 0.5) is 21.0 Å². The van der Waals surface area contributed by atoms with Crippen LogP contribution < -0.4 is 9.80 Å². The van der Waals surface area contributed by atoms with Gasteiger partial charge in [0.1, 0.15) is 11.2 Å². The van der Waals surface area contributed by atoms with E-state index in [2.05, 4.69) is 12.1 Å². The summed E-state index contributed by atoms with van der Waals surface area (Å²) < 4.78 is 11.3. The molecule has 6 nitrogen and oxygen atoms in total. The van der Waals surface area contributed by atoms with Crippen molar-refractivity contribution < 1.29 is 19.1 Å². The number of hydrogen-bond donors (Lipinski definition) is 0. The fourth-order valence-corrected chi connectivity index (χ4v) is 3.75. The highest BCUT2D eigenvalue weighted by atomic mass is 16.6. The lowest BCUT2D eigenvalue weighted by molar-refractivity contribution is 0.0559. The summed E-state index contributed by atoms with van der Waals surface area (Å²) in [5.74, 6) is 0. The first kappa shape index (κ1) is 20.5. The van der Waals surface area contributed by atoms with Crippen molar-refractivity contribution in [3.63, 3.8) is 0 Å². The van der Waals surface area contributed by atoms with Gasteiger partial charge in [0, 0.05) is 13.1 Å². The van der Waals surface area contributed by atoms with Gasteiger partial charge in [0.25, 0.3) is 0 Å². The molecule has 2 amide bonds. The number of benzene rings is 1. The van der Waals surface area contributed by atoms with Crippen LogP contribution in [0, 0.1) is 0 Å². The van der Waals surface area contributed by atoms with E-state index in [9.17, 15) is 9.59 Å². The van der Waals surface area contributed by atoms with Crippen molar-refractivity contribution in [3.8, 4) is 0 Å². The highest BCUT2D eigenvalue weighted by Crippen LogP contribution is 2.43. The molecule has 2 aliphatic rings. The summed E-state index contributed by atoms with van der Waals surface area (Å²) >= 11 is 0. The quantitative estimate of drug-likeness (QED) is 0.623. The van der Waals surface area contributed by atoms with Crippen molar-refractivity contribution in [2.24, 2.45) is 0 Å². The number of carbonyl (C=O) groups is 2. The van der Waals surface area contributed by atoms with Crippen LogP contribution in [0.2, 0.25) is 0 Å². The average Bonchev–Trinajstić information content (AvgIpc) is 2.57. The number of carbonyl (C=O) groups excluding carboxylic acids is 2. The zero-order valence-electron chi connectivity index (χ0n) is 17.9. The molecule has 1 aromatic rings. The molecule has 0 spiro atoms. The van der Waals surface area contributed by atoms with Gasteiger partial charge < -0.3 is 9.47 Å². The van der Waals surface area contributed by atoms with Crippen molar-refractivity contribution in [2.75, 3.05) is 22.9 Å². The van der Waals surface area contributed by atoms with E-state index in [0.29, 0.717) is 13.1 Å². The Balaban J connectivity index is 2.04. The summed E-state index contributed by atoms with van der Waals surface area (Å²) in [6.45, 7) is 12.4. The van der Waals surface area contributed by atoms with Crippen LogP contribution in [0.25, 0.3) is 0 Å². The van der Waals surface area contributed by atoms with E-state index in [1.54, 1.807) is 9.80 Å². The molecule has 0 radical (unpaired) electrons. The van der Waals surface area contributed by atoms with Crippen LogP contribution in [0.15, 0.2) is 12.1 Å². The zero-order chi connectivity index (χ0) is 20.7. The van der Waals surface area contributed by atoms with Crippen LogP contribution >= 0.6 is 0 Å². The first-order valence-corrected chi connectivity index (χ1v) is 10.1. The molecule has 0 saturated carbocycles. The SMILES string of the molecule is CC(C)(C)OC(=O)N1CCCc2ccc3c(c21)N(C(=O)OC(C)(C)C)CCC3. The summed E-state index contributed by atoms with van der Waals surface area (Å²) in [6.07, 6.45) is 2.77. The third kappa shape index (κ3) is 4.42. The van der Waals surface area contributed by atoms with Gasteiger partial charge in [-0.3, -0.25) is 9.80 Å². The van der Waals surface area contributed by atoms with Gasteiger partial charge in [0.05, 0.1) is 11.4 Å². The summed E-state index contributed by atoms with van der Waals surface area (Å²) in [6, 6.07) is 4.17. The lowest BCUT2D eigenvalue weighted by atomic mass is 9.93.